The zero-order chi connectivity index (χ0) is 17.5. The van der Waals surface area contributed by atoms with Crippen molar-refractivity contribution in [3.63, 3.8) is 0 Å². The Balaban J connectivity index is 2.12. The number of anilines is 2. The second-order valence-electron chi connectivity index (χ2n) is 5.40. The van der Waals surface area contributed by atoms with E-state index in [-0.39, 0.29) is 11.9 Å². The molecule has 0 fully saturated rings. The minimum absolute atomic E-state index is 0.117. The Morgan fingerprint density at radius 1 is 1.08 bits per heavy atom. The Hall–Kier alpha value is -2.34. The van der Waals surface area contributed by atoms with E-state index in [1.54, 1.807) is 42.6 Å². The van der Waals surface area contributed by atoms with Gasteiger partial charge in [-0.05, 0) is 42.7 Å². The number of thiophene rings is 1. The van der Waals surface area contributed by atoms with E-state index in [2.05, 4.69) is 29.8 Å². The highest BCUT2D eigenvalue weighted by Gasteiger charge is 2.14. The van der Waals surface area contributed by atoms with E-state index in [9.17, 15) is 9.59 Å². The van der Waals surface area contributed by atoms with Gasteiger partial charge in [-0.2, -0.15) is 0 Å². The van der Waals surface area contributed by atoms with Crippen LogP contribution in [0.4, 0.5) is 16.2 Å². The average Bonchev–Trinajstić information content (AvgIpc) is 2.98. The highest BCUT2D eigenvalue weighted by atomic mass is 32.1. The molecule has 1 aromatic carbocycles. The van der Waals surface area contributed by atoms with Gasteiger partial charge in [0, 0.05) is 23.3 Å². The summed E-state index contributed by atoms with van der Waals surface area (Å²) in [4.78, 5) is 25.9. The summed E-state index contributed by atoms with van der Waals surface area (Å²) in [6.07, 6.45) is 3.01. The maximum Gasteiger partial charge on any atom is 0.318 e. The molecule has 5 nitrogen and oxygen atoms in total. The van der Waals surface area contributed by atoms with Crippen molar-refractivity contribution in [2.45, 2.75) is 33.1 Å². The molecule has 3 N–H and O–H groups in total. The number of hydrogen-bond acceptors (Lipinski definition) is 3. The molecule has 2 aromatic rings. The largest absolute Gasteiger partial charge is 0.341 e. The van der Waals surface area contributed by atoms with Gasteiger partial charge < -0.3 is 16.0 Å². The van der Waals surface area contributed by atoms with Crippen molar-refractivity contribution in [3.05, 3.63) is 45.6 Å². The van der Waals surface area contributed by atoms with Crippen LogP contribution in [0.5, 0.6) is 0 Å². The van der Waals surface area contributed by atoms with Crippen LogP contribution in [0.1, 0.15) is 40.4 Å². The normalized spacial score (nSPS) is 10.3. The first kappa shape index (κ1) is 18.0. The van der Waals surface area contributed by atoms with Gasteiger partial charge in [-0.1, -0.05) is 26.3 Å². The monoisotopic (exact) mass is 345 g/mol. The second kappa shape index (κ2) is 8.49. The molecule has 0 aliphatic heterocycles. The summed E-state index contributed by atoms with van der Waals surface area (Å²) in [7, 11) is 1.55. The number of benzene rings is 1. The van der Waals surface area contributed by atoms with E-state index in [4.69, 9.17) is 0 Å². The van der Waals surface area contributed by atoms with Crippen LogP contribution in [0.15, 0.2) is 30.3 Å². The number of rotatable bonds is 6. The van der Waals surface area contributed by atoms with Gasteiger partial charge in [0.15, 0.2) is 0 Å². The molecule has 0 radical (unpaired) electrons. The highest BCUT2D eigenvalue weighted by Crippen LogP contribution is 2.26. The van der Waals surface area contributed by atoms with Crippen molar-refractivity contribution >= 4 is 34.6 Å². The highest BCUT2D eigenvalue weighted by molar-refractivity contribution is 7.14. The third kappa shape index (κ3) is 4.58. The van der Waals surface area contributed by atoms with Gasteiger partial charge in [0.1, 0.15) is 0 Å². The molecular weight excluding hydrogens is 322 g/mol. The maximum absolute atomic E-state index is 12.5. The molecule has 1 aromatic heterocycles. The van der Waals surface area contributed by atoms with Crippen LogP contribution < -0.4 is 16.0 Å². The Morgan fingerprint density at radius 3 is 2.42 bits per heavy atom. The third-order valence-corrected chi connectivity index (χ3v) is 4.82. The number of aryl methyl sites for hydroxylation is 2. The molecule has 0 aliphatic rings. The Bertz CT molecular complexity index is 725. The molecule has 24 heavy (non-hydrogen) atoms. The van der Waals surface area contributed by atoms with Crippen molar-refractivity contribution in [1.29, 1.82) is 0 Å². The van der Waals surface area contributed by atoms with Crippen LogP contribution in [0, 0.1) is 0 Å². The summed E-state index contributed by atoms with van der Waals surface area (Å²) in [6.45, 7) is 4.25. The second-order valence-corrected chi connectivity index (χ2v) is 6.54. The molecule has 0 aliphatic carbocycles. The summed E-state index contributed by atoms with van der Waals surface area (Å²) < 4.78 is 0. The van der Waals surface area contributed by atoms with Crippen LogP contribution in [0.25, 0.3) is 0 Å². The molecule has 0 bridgehead atoms. The van der Waals surface area contributed by atoms with Crippen molar-refractivity contribution in [2.24, 2.45) is 0 Å². The lowest BCUT2D eigenvalue weighted by Crippen LogP contribution is -2.24. The first-order valence-electron chi connectivity index (χ1n) is 8.09. The summed E-state index contributed by atoms with van der Waals surface area (Å²) in [5.74, 6) is -0.117. The molecule has 128 valence electrons. The quantitative estimate of drug-likeness (QED) is 0.732. The molecule has 0 spiro atoms. The lowest BCUT2D eigenvalue weighted by atomic mass is 10.1. The first-order valence-corrected chi connectivity index (χ1v) is 8.90. The van der Waals surface area contributed by atoms with Crippen LogP contribution >= 0.6 is 11.3 Å². The molecular formula is C18H23N3O2S. The lowest BCUT2D eigenvalue weighted by molar-refractivity contribution is 0.103. The van der Waals surface area contributed by atoms with E-state index in [0.717, 1.165) is 24.1 Å². The Labute approximate surface area is 146 Å². The van der Waals surface area contributed by atoms with Gasteiger partial charge >= 0.3 is 6.03 Å². The molecule has 0 unspecified atom stereocenters. The van der Waals surface area contributed by atoms with Crippen molar-refractivity contribution < 1.29 is 9.59 Å². The number of amides is 3. The predicted molar refractivity (Wildman–Crippen MR) is 100 cm³/mol. The first-order chi connectivity index (χ1) is 11.6. The SMILES string of the molecule is CCCc1sc(C(=O)Nc2cccc(NC(=O)NC)c2)cc1CC. The van der Waals surface area contributed by atoms with E-state index < -0.39 is 0 Å². The summed E-state index contributed by atoms with van der Waals surface area (Å²) >= 11 is 1.56. The number of urea groups is 1. The molecule has 2 rings (SSSR count). The van der Waals surface area contributed by atoms with Gasteiger partial charge in [0.05, 0.1) is 4.88 Å². The zero-order valence-corrected chi connectivity index (χ0v) is 15.0. The van der Waals surface area contributed by atoms with E-state index in [0.29, 0.717) is 11.4 Å². The topological polar surface area (TPSA) is 70.2 Å². The van der Waals surface area contributed by atoms with Gasteiger partial charge in [-0.3, -0.25) is 4.79 Å². The lowest BCUT2D eigenvalue weighted by Gasteiger charge is -2.07. The van der Waals surface area contributed by atoms with Gasteiger partial charge in [0.25, 0.3) is 5.91 Å². The van der Waals surface area contributed by atoms with Gasteiger partial charge in [-0.25, -0.2) is 4.79 Å². The van der Waals surface area contributed by atoms with E-state index in [1.165, 1.54) is 10.4 Å². The standard InChI is InChI=1S/C18H23N3O2S/c1-4-7-15-12(5-2)10-16(24-15)17(22)20-13-8-6-9-14(11-13)21-18(23)19-3/h6,8-11H,4-5,7H2,1-3H3,(H,20,22)(H2,19,21,23). The van der Waals surface area contributed by atoms with Crippen LogP contribution in [0.3, 0.4) is 0 Å². The van der Waals surface area contributed by atoms with Crippen molar-refractivity contribution in [1.82, 2.24) is 5.32 Å². The van der Waals surface area contributed by atoms with Crippen LogP contribution in [-0.4, -0.2) is 19.0 Å². The number of nitrogens with one attached hydrogen (secondary N) is 3. The number of carbonyl (C=O) groups is 2. The third-order valence-electron chi connectivity index (χ3n) is 3.58. The van der Waals surface area contributed by atoms with Crippen LogP contribution in [-0.2, 0) is 12.8 Å². The number of hydrogen-bond donors (Lipinski definition) is 3. The molecule has 6 heteroatoms. The Morgan fingerprint density at radius 2 is 1.79 bits per heavy atom. The fourth-order valence-corrected chi connectivity index (χ4v) is 3.63. The van der Waals surface area contributed by atoms with E-state index in [1.807, 2.05) is 6.07 Å². The Kier molecular flexibility index (Phi) is 6.37. The fourth-order valence-electron chi connectivity index (χ4n) is 2.38. The predicted octanol–water partition coefficient (Wildman–Crippen LogP) is 4.27. The van der Waals surface area contributed by atoms with Crippen molar-refractivity contribution in [2.75, 3.05) is 17.7 Å². The number of carbonyl (C=O) groups excluding carboxylic acids is 2. The van der Waals surface area contributed by atoms with Crippen molar-refractivity contribution in [3.8, 4) is 0 Å². The molecule has 0 saturated heterocycles. The smallest absolute Gasteiger partial charge is 0.318 e. The minimum atomic E-state index is -0.298. The molecule has 3 amide bonds. The minimum Gasteiger partial charge on any atom is -0.341 e. The average molecular weight is 345 g/mol. The summed E-state index contributed by atoms with van der Waals surface area (Å²) in [5.41, 5.74) is 2.53. The molecule has 1 heterocycles. The molecule has 0 atom stereocenters. The van der Waals surface area contributed by atoms with Gasteiger partial charge in [0.2, 0.25) is 0 Å². The fraction of sp³-hybridized carbons (Fsp3) is 0.333. The maximum atomic E-state index is 12.5. The van der Waals surface area contributed by atoms with Crippen LogP contribution in [0.2, 0.25) is 0 Å². The summed E-state index contributed by atoms with van der Waals surface area (Å²) in [5, 5.41) is 8.07. The molecule has 0 saturated carbocycles. The zero-order valence-electron chi connectivity index (χ0n) is 14.2. The van der Waals surface area contributed by atoms with Gasteiger partial charge in [-0.15, -0.1) is 11.3 Å². The van der Waals surface area contributed by atoms with E-state index >= 15 is 0 Å². The summed E-state index contributed by atoms with van der Waals surface area (Å²) in [6, 6.07) is 8.77.